The second-order valence-corrected chi connectivity index (χ2v) is 15.5. The maximum Gasteiger partial charge on any atom is 0.271 e. The first kappa shape index (κ1) is 39.1. The molecule has 6 rings (SSSR count). The quantitative estimate of drug-likeness (QED) is 0.116. The number of rotatable bonds is 11. The molecule has 11 nitrogen and oxygen atoms in total. The van der Waals surface area contributed by atoms with Crippen LogP contribution in [-0.2, 0) is 19.1 Å². The van der Waals surface area contributed by atoms with Gasteiger partial charge in [0.05, 0.1) is 41.6 Å². The number of amides is 2. The Balaban J connectivity index is 1.09. The molecule has 4 unspecified atom stereocenters. The van der Waals surface area contributed by atoms with E-state index in [0.29, 0.717) is 17.3 Å². The highest BCUT2D eigenvalue weighted by Gasteiger charge is 2.48. The molecule has 4 N–H and O–H groups in total. The van der Waals surface area contributed by atoms with Gasteiger partial charge in [-0.25, -0.2) is 27.5 Å². The Labute approximate surface area is 311 Å². The number of halogens is 4. The zero-order valence-corrected chi connectivity index (χ0v) is 31.2. The molecule has 2 aliphatic rings. The molecule has 0 radical (unpaired) electrons. The topological polar surface area (TPSA) is 147 Å². The van der Waals surface area contributed by atoms with Gasteiger partial charge >= 0.3 is 0 Å². The van der Waals surface area contributed by atoms with Crippen LogP contribution in [0.5, 0.6) is 0 Å². The van der Waals surface area contributed by atoms with Gasteiger partial charge in [0.1, 0.15) is 36.1 Å². The number of ether oxygens (including phenoxy) is 2. The van der Waals surface area contributed by atoms with Crippen LogP contribution >= 0.6 is 0 Å². The Morgan fingerprint density at radius 2 is 1.06 bits per heavy atom. The lowest BCUT2D eigenvalue weighted by Gasteiger charge is -2.37. The average molecular weight is 754 g/mol. The Bertz CT molecular complexity index is 1780. The number of imidazole rings is 2. The van der Waals surface area contributed by atoms with Crippen LogP contribution in [-0.4, -0.2) is 73.0 Å². The molecular weight excluding hydrogens is 706 g/mol. The predicted molar refractivity (Wildman–Crippen MR) is 193 cm³/mol. The summed E-state index contributed by atoms with van der Waals surface area (Å²) in [7, 11) is 0. The number of H-pyrrole nitrogens is 2. The normalized spacial score (nSPS) is 23.6. The lowest BCUT2D eigenvalue weighted by Crippen LogP contribution is -2.53. The fourth-order valence-electron chi connectivity index (χ4n) is 6.54. The number of benzene rings is 1. The van der Waals surface area contributed by atoms with E-state index in [1.54, 1.807) is 18.6 Å². The van der Waals surface area contributed by atoms with E-state index in [2.05, 4.69) is 35.6 Å². The van der Waals surface area contributed by atoms with E-state index in [1.165, 1.54) is 13.8 Å². The summed E-state index contributed by atoms with van der Waals surface area (Å²) in [5, 5.41) is 5.91. The van der Waals surface area contributed by atoms with Gasteiger partial charge in [-0.05, 0) is 56.2 Å². The summed E-state index contributed by atoms with van der Waals surface area (Å²) in [5.41, 5.74) is 2.02. The molecular formula is C39H47F4N7O4. The summed E-state index contributed by atoms with van der Waals surface area (Å²) in [4.78, 5) is 46.6. The molecule has 0 saturated carbocycles. The maximum absolute atomic E-state index is 13.7. The Hall–Kier alpha value is -4.63. The fourth-order valence-corrected chi connectivity index (χ4v) is 6.54. The van der Waals surface area contributed by atoms with Crippen LogP contribution in [0.25, 0.3) is 33.8 Å². The molecule has 2 aliphatic heterocycles. The number of nitrogens with one attached hydrogen (secondary N) is 4. The van der Waals surface area contributed by atoms with Crippen LogP contribution < -0.4 is 10.6 Å². The molecule has 4 aromatic rings. The number of pyridine rings is 1. The summed E-state index contributed by atoms with van der Waals surface area (Å²) < 4.78 is 65.3. The number of alkyl halides is 4. The van der Waals surface area contributed by atoms with Gasteiger partial charge in [0, 0.05) is 30.2 Å². The average Bonchev–Trinajstić information content (AvgIpc) is 3.83. The maximum atomic E-state index is 13.7. The predicted octanol–water partition coefficient (Wildman–Crippen LogP) is 7.56. The van der Waals surface area contributed by atoms with Crippen LogP contribution in [0.2, 0.25) is 0 Å². The number of carbonyl (C=O) groups excluding carboxylic acids is 2. The van der Waals surface area contributed by atoms with E-state index in [-0.39, 0.29) is 24.7 Å². The van der Waals surface area contributed by atoms with Crippen molar-refractivity contribution in [1.82, 2.24) is 35.6 Å². The van der Waals surface area contributed by atoms with Crippen molar-refractivity contribution in [1.29, 1.82) is 0 Å². The molecule has 3 aromatic heterocycles. The molecule has 1 aromatic carbocycles. The molecule has 2 fully saturated rings. The van der Waals surface area contributed by atoms with Gasteiger partial charge in [-0.15, -0.1) is 0 Å². The molecule has 290 valence electrons. The highest BCUT2D eigenvalue weighted by Crippen LogP contribution is 2.37. The second kappa shape index (κ2) is 14.9. The van der Waals surface area contributed by atoms with E-state index in [0.717, 1.165) is 28.1 Å². The third kappa shape index (κ3) is 8.51. The van der Waals surface area contributed by atoms with Gasteiger partial charge in [0.25, 0.3) is 23.7 Å². The van der Waals surface area contributed by atoms with Crippen LogP contribution in [0.3, 0.4) is 0 Å². The van der Waals surface area contributed by atoms with E-state index < -0.39 is 73.0 Å². The zero-order chi connectivity index (χ0) is 39.1. The molecule has 0 bridgehead atoms. The van der Waals surface area contributed by atoms with Gasteiger partial charge in [-0.1, -0.05) is 52.0 Å². The van der Waals surface area contributed by atoms with Gasteiger partial charge in [0.2, 0.25) is 0 Å². The molecule has 54 heavy (non-hydrogen) atoms. The number of carbonyl (C=O) groups is 2. The third-order valence-corrected chi connectivity index (χ3v) is 10.4. The highest BCUT2D eigenvalue weighted by atomic mass is 19.3. The molecule has 2 amide bonds. The lowest BCUT2D eigenvalue weighted by molar-refractivity contribution is -0.190. The van der Waals surface area contributed by atoms with Crippen LogP contribution in [0, 0.1) is 11.8 Å². The minimum atomic E-state index is -2.94. The number of aromatic amines is 2. The van der Waals surface area contributed by atoms with E-state index >= 15 is 0 Å². The molecule has 15 heteroatoms. The van der Waals surface area contributed by atoms with E-state index in [9.17, 15) is 27.2 Å². The fraction of sp³-hybridized carbons (Fsp3) is 0.513. The molecule has 2 saturated heterocycles. The van der Waals surface area contributed by atoms with Crippen molar-refractivity contribution in [2.24, 2.45) is 11.8 Å². The monoisotopic (exact) mass is 753 g/mol. The van der Waals surface area contributed by atoms with E-state index in [1.807, 2.05) is 64.1 Å². The highest BCUT2D eigenvalue weighted by molar-refractivity contribution is 5.86. The SMILES string of the molecule is CC(C)C(NC(=O)C1(C)CCC(F)(F)CO1)c1ncc(-c2ccc(-c3ccc(-c4cnc(C(NC(=O)C5(C)CCC(F)(F)CO5)C(C)C)[nH]4)cn3)cc2)[nH]1. The van der Waals surface area contributed by atoms with Crippen molar-refractivity contribution in [3.63, 3.8) is 0 Å². The minimum absolute atomic E-state index is 0.0469. The van der Waals surface area contributed by atoms with Crippen LogP contribution in [0.15, 0.2) is 55.0 Å². The molecule has 0 spiro atoms. The first-order valence-corrected chi connectivity index (χ1v) is 18.2. The number of aromatic nitrogens is 5. The Morgan fingerprint density at radius 3 is 1.44 bits per heavy atom. The van der Waals surface area contributed by atoms with Crippen molar-refractivity contribution in [3.05, 3.63) is 66.6 Å². The minimum Gasteiger partial charge on any atom is -0.359 e. The number of hydrogen-bond acceptors (Lipinski definition) is 7. The summed E-state index contributed by atoms with van der Waals surface area (Å²) >= 11 is 0. The standard InChI is InChI=1S/C39H47F4N7O4/c1-22(2)30(49-34(51)36(5)13-15-38(40,41)20-53-36)32-45-18-28(47-32)25-9-7-24(8-10-25)27-12-11-26(17-44-27)29-19-46-33(48-29)31(23(3)4)50-35(52)37(6)14-16-39(42,43)21-54-37/h7-12,17-19,22-23,30-31H,13-16,20-21H2,1-6H3,(H,45,47)(H,46,48)(H,49,51)(H,50,52). The first-order chi connectivity index (χ1) is 25.4. The largest absolute Gasteiger partial charge is 0.359 e. The van der Waals surface area contributed by atoms with Gasteiger partial charge in [-0.2, -0.15) is 0 Å². The van der Waals surface area contributed by atoms with Crippen molar-refractivity contribution in [3.8, 4) is 33.8 Å². The second-order valence-electron chi connectivity index (χ2n) is 15.5. The van der Waals surface area contributed by atoms with Crippen molar-refractivity contribution in [2.75, 3.05) is 13.2 Å². The lowest BCUT2D eigenvalue weighted by atomic mass is 9.92. The van der Waals surface area contributed by atoms with Crippen LogP contribution in [0.4, 0.5) is 17.6 Å². The van der Waals surface area contributed by atoms with E-state index in [4.69, 9.17) is 9.47 Å². The number of hydrogen-bond donors (Lipinski definition) is 4. The summed E-state index contributed by atoms with van der Waals surface area (Å²) in [6.07, 6.45) is 4.09. The smallest absolute Gasteiger partial charge is 0.271 e. The number of nitrogens with zero attached hydrogens (tertiary/aromatic N) is 3. The summed E-state index contributed by atoms with van der Waals surface area (Å²) in [6.45, 7) is 9.25. The zero-order valence-electron chi connectivity index (χ0n) is 31.2. The molecule has 5 heterocycles. The summed E-state index contributed by atoms with van der Waals surface area (Å²) in [6, 6.07) is 10.6. The van der Waals surface area contributed by atoms with Crippen LogP contribution in [0.1, 0.15) is 91.0 Å². The van der Waals surface area contributed by atoms with Crippen molar-refractivity contribution >= 4 is 11.8 Å². The first-order valence-electron chi connectivity index (χ1n) is 18.2. The summed E-state index contributed by atoms with van der Waals surface area (Å²) in [5.74, 6) is -5.81. The van der Waals surface area contributed by atoms with Crippen molar-refractivity contribution in [2.45, 2.75) is 102 Å². The van der Waals surface area contributed by atoms with Gasteiger partial charge in [-0.3, -0.25) is 14.6 Å². The van der Waals surface area contributed by atoms with Crippen molar-refractivity contribution < 1.29 is 36.6 Å². The van der Waals surface area contributed by atoms with Gasteiger partial charge in [0.15, 0.2) is 0 Å². The molecule has 4 atom stereocenters. The Kier molecular flexibility index (Phi) is 10.8. The molecule has 0 aliphatic carbocycles. The van der Waals surface area contributed by atoms with Gasteiger partial charge < -0.3 is 30.1 Å². The third-order valence-electron chi connectivity index (χ3n) is 10.4. The Morgan fingerprint density at radius 1 is 0.630 bits per heavy atom.